The highest BCUT2D eigenvalue weighted by Crippen LogP contribution is 1.56. The van der Waals surface area contributed by atoms with Crippen LogP contribution in [0.1, 0.15) is 20.3 Å². The van der Waals surface area contributed by atoms with Crippen LogP contribution in [0.5, 0.6) is 0 Å². The lowest BCUT2D eigenvalue weighted by Crippen LogP contribution is -1.85. The number of aliphatic hydroxyl groups excluding tert-OH is 2. The predicted octanol–water partition coefficient (Wildman–Crippen LogP) is 0.387. The van der Waals surface area contributed by atoms with E-state index in [0.29, 0.717) is 0 Å². The van der Waals surface area contributed by atoms with Gasteiger partial charge >= 0.3 is 0 Å². The summed E-state index contributed by atoms with van der Waals surface area (Å²) >= 11 is 0. The van der Waals surface area contributed by atoms with E-state index in [-0.39, 0.29) is 13.2 Å². The maximum Gasteiger partial charge on any atom is 0.0662 e. The standard InChI is InChI=1S/C3H8.C2H6O2/c1-3-2;3-1-2-4/h3H2,1-2H3;3-4H,1-2H2. The van der Waals surface area contributed by atoms with Gasteiger partial charge in [-0.15, -0.1) is 0 Å². The van der Waals surface area contributed by atoms with Crippen molar-refractivity contribution >= 4 is 0 Å². The molecule has 2 heteroatoms. The SMILES string of the molecule is CCC.OCCO. The van der Waals surface area contributed by atoms with E-state index >= 15 is 0 Å². The lowest BCUT2D eigenvalue weighted by molar-refractivity contribution is 0.186. The zero-order valence-corrected chi connectivity index (χ0v) is 5.02. The Balaban J connectivity index is 0. The van der Waals surface area contributed by atoms with E-state index in [1.165, 1.54) is 6.42 Å². The van der Waals surface area contributed by atoms with Crippen LogP contribution in [0.3, 0.4) is 0 Å². The van der Waals surface area contributed by atoms with Gasteiger partial charge in [0.05, 0.1) is 13.2 Å². The first-order valence-electron chi connectivity index (χ1n) is 2.55. The first-order chi connectivity index (χ1) is 3.33. The molecule has 2 nitrogen and oxygen atoms in total. The summed E-state index contributed by atoms with van der Waals surface area (Å²) in [4.78, 5) is 0. The molecule has 0 radical (unpaired) electrons. The van der Waals surface area contributed by atoms with Gasteiger partial charge in [0.25, 0.3) is 0 Å². The van der Waals surface area contributed by atoms with Crippen LogP contribution < -0.4 is 0 Å². The molecule has 0 heterocycles. The molecule has 0 atom stereocenters. The van der Waals surface area contributed by atoms with Crippen LogP contribution >= 0.6 is 0 Å². The predicted molar refractivity (Wildman–Crippen MR) is 30.1 cm³/mol. The van der Waals surface area contributed by atoms with Crippen molar-refractivity contribution in [2.24, 2.45) is 0 Å². The lowest BCUT2D eigenvalue weighted by atomic mass is 10.6. The molecule has 7 heavy (non-hydrogen) atoms. The highest BCUT2D eigenvalue weighted by Gasteiger charge is 1.58. The van der Waals surface area contributed by atoms with Crippen LogP contribution in [-0.2, 0) is 0 Å². The van der Waals surface area contributed by atoms with Gasteiger partial charge in [-0.05, 0) is 0 Å². The quantitative estimate of drug-likeness (QED) is 0.507. The van der Waals surface area contributed by atoms with Gasteiger partial charge in [-0.2, -0.15) is 0 Å². The molecule has 0 bridgehead atoms. The molecule has 0 saturated carbocycles. The fourth-order valence-electron chi connectivity index (χ4n) is 0. The van der Waals surface area contributed by atoms with E-state index < -0.39 is 0 Å². The van der Waals surface area contributed by atoms with Crippen LogP contribution in [0.2, 0.25) is 0 Å². The molecule has 0 aromatic rings. The molecule has 0 unspecified atom stereocenters. The lowest BCUT2D eigenvalue weighted by Gasteiger charge is -1.70. The van der Waals surface area contributed by atoms with Crippen LogP contribution in [0.4, 0.5) is 0 Å². The zero-order chi connectivity index (χ0) is 6.12. The highest BCUT2D eigenvalue weighted by atomic mass is 16.3. The smallest absolute Gasteiger partial charge is 0.0662 e. The van der Waals surface area contributed by atoms with Crippen molar-refractivity contribution in [1.29, 1.82) is 0 Å². The summed E-state index contributed by atoms with van der Waals surface area (Å²) in [5.74, 6) is 0. The van der Waals surface area contributed by atoms with Crippen molar-refractivity contribution in [3.8, 4) is 0 Å². The van der Waals surface area contributed by atoms with Gasteiger partial charge in [-0.3, -0.25) is 0 Å². The third-order valence-electron chi connectivity index (χ3n) is 0.1000. The van der Waals surface area contributed by atoms with E-state index in [1.54, 1.807) is 0 Å². The summed E-state index contributed by atoms with van der Waals surface area (Å²) < 4.78 is 0. The van der Waals surface area contributed by atoms with Crippen molar-refractivity contribution in [2.45, 2.75) is 20.3 Å². The Hall–Kier alpha value is -0.0800. The Morgan fingerprint density at radius 1 is 1.00 bits per heavy atom. The second-order valence-electron chi connectivity index (χ2n) is 1.15. The van der Waals surface area contributed by atoms with Gasteiger partial charge in [0.15, 0.2) is 0 Å². The van der Waals surface area contributed by atoms with Gasteiger partial charge in [-0.1, -0.05) is 20.3 Å². The normalized spacial score (nSPS) is 6.86. The second kappa shape index (κ2) is 16.8. The monoisotopic (exact) mass is 106 g/mol. The molecule has 0 aromatic carbocycles. The molecule has 0 aliphatic carbocycles. The average Bonchev–Trinajstić information content (AvgIpc) is 1.69. The molecule has 0 spiro atoms. The first-order valence-corrected chi connectivity index (χ1v) is 2.55. The van der Waals surface area contributed by atoms with Crippen LogP contribution in [0.25, 0.3) is 0 Å². The fourth-order valence-corrected chi connectivity index (χ4v) is 0. The van der Waals surface area contributed by atoms with Gasteiger partial charge in [-0.25, -0.2) is 0 Å². The minimum atomic E-state index is -0.125. The van der Waals surface area contributed by atoms with Crippen LogP contribution in [0, 0.1) is 0 Å². The van der Waals surface area contributed by atoms with Gasteiger partial charge in [0.2, 0.25) is 0 Å². The van der Waals surface area contributed by atoms with E-state index in [0.717, 1.165) is 0 Å². The zero-order valence-electron chi connectivity index (χ0n) is 5.02. The minimum Gasteiger partial charge on any atom is -0.394 e. The summed E-state index contributed by atoms with van der Waals surface area (Å²) in [7, 11) is 0. The molecular formula is C5H14O2. The third-order valence-corrected chi connectivity index (χ3v) is 0.1000. The Bertz CT molecular complexity index is 13.6. The fraction of sp³-hybridized carbons (Fsp3) is 1.00. The van der Waals surface area contributed by atoms with Gasteiger partial charge in [0, 0.05) is 0 Å². The topological polar surface area (TPSA) is 40.5 Å². The summed E-state index contributed by atoms with van der Waals surface area (Å²) in [6, 6.07) is 0. The van der Waals surface area contributed by atoms with Crippen molar-refractivity contribution < 1.29 is 10.2 Å². The van der Waals surface area contributed by atoms with Crippen molar-refractivity contribution in [2.75, 3.05) is 13.2 Å². The van der Waals surface area contributed by atoms with E-state index in [9.17, 15) is 0 Å². The largest absolute Gasteiger partial charge is 0.394 e. The summed E-state index contributed by atoms with van der Waals surface area (Å²) in [6.45, 7) is 4.00. The summed E-state index contributed by atoms with van der Waals surface area (Å²) in [5, 5.41) is 15.2. The Morgan fingerprint density at radius 3 is 1.14 bits per heavy atom. The number of rotatable bonds is 1. The molecule has 0 aliphatic heterocycles. The Morgan fingerprint density at radius 2 is 1.14 bits per heavy atom. The highest BCUT2D eigenvalue weighted by molar-refractivity contribution is 4.06. The molecule has 46 valence electrons. The van der Waals surface area contributed by atoms with Crippen molar-refractivity contribution in [3.63, 3.8) is 0 Å². The molecular weight excluding hydrogens is 92.1 g/mol. The van der Waals surface area contributed by atoms with E-state index in [2.05, 4.69) is 13.8 Å². The van der Waals surface area contributed by atoms with E-state index in [4.69, 9.17) is 10.2 Å². The molecule has 2 N–H and O–H groups in total. The number of hydrogen-bond donors (Lipinski definition) is 2. The van der Waals surface area contributed by atoms with Crippen molar-refractivity contribution in [1.82, 2.24) is 0 Å². The summed E-state index contributed by atoms with van der Waals surface area (Å²) in [5.41, 5.74) is 0. The molecule has 0 aliphatic rings. The molecule has 0 fully saturated rings. The van der Waals surface area contributed by atoms with Crippen molar-refractivity contribution in [3.05, 3.63) is 0 Å². The summed E-state index contributed by atoms with van der Waals surface area (Å²) in [6.07, 6.45) is 1.25. The van der Waals surface area contributed by atoms with Crippen LogP contribution in [0.15, 0.2) is 0 Å². The Kier molecular flexibility index (Phi) is 24.1. The Labute approximate surface area is 44.8 Å². The molecule has 0 saturated heterocycles. The average molecular weight is 106 g/mol. The van der Waals surface area contributed by atoms with E-state index in [1.807, 2.05) is 0 Å². The molecule has 0 aromatic heterocycles. The molecule has 0 amide bonds. The first kappa shape index (κ1) is 10.0. The maximum atomic E-state index is 7.62. The molecule has 0 rings (SSSR count). The maximum absolute atomic E-state index is 7.62. The van der Waals surface area contributed by atoms with Crippen LogP contribution in [-0.4, -0.2) is 23.4 Å². The number of hydrogen-bond acceptors (Lipinski definition) is 2. The minimum absolute atomic E-state index is 0.125. The number of aliphatic hydroxyl groups is 2. The van der Waals surface area contributed by atoms with Gasteiger partial charge in [0.1, 0.15) is 0 Å². The van der Waals surface area contributed by atoms with Gasteiger partial charge < -0.3 is 10.2 Å². The third kappa shape index (κ3) is 107. The second-order valence-corrected chi connectivity index (χ2v) is 1.15.